The average Bonchev–Trinajstić information content (AvgIpc) is 2.83. The first kappa shape index (κ1) is 14.6. The van der Waals surface area contributed by atoms with E-state index in [4.69, 9.17) is 18.0 Å². The Kier molecular flexibility index (Phi) is 4.81. The first-order valence-electron chi connectivity index (χ1n) is 6.11. The molecule has 0 atom stereocenters. The molecule has 0 aliphatic rings. The van der Waals surface area contributed by atoms with Crippen LogP contribution in [-0.2, 0) is 17.8 Å². The number of nitrogens with two attached hydrogens (primary N) is 1. The molecule has 0 radical (unpaired) electrons. The van der Waals surface area contributed by atoms with Crippen LogP contribution in [-0.4, -0.2) is 15.9 Å². The van der Waals surface area contributed by atoms with E-state index in [-0.39, 0.29) is 5.91 Å². The molecule has 1 amide bonds. The van der Waals surface area contributed by atoms with Gasteiger partial charge in [-0.3, -0.25) is 4.79 Å². The molecule has 0 unspecified atom stereocenters. The van der Waals surface area contributed by atoms with Crippen molar-refractivity contribution in [3.63, 3.8) is 0 Å². The van der Waals surface area contributed by atoms with Crippen molar-refractivity contribution in [2.24, 2.45) is 5.73 Å². The first-order valence-corrected chi connectivity index (χ1v) is 7.34. The molecule has 2 rings (SSSR count). The molecule has 1 aromatic carbocycles. The Morgan fingerprint density at radius 1 is 1.40 bits per heavy atom. The smallest absolute Gasteiger partial charge is 0.224 e. The SMILES string of the molecule is Cc1ncc(CNC(=O)Cc2ccc(C(N)=S)cc2)s1. The van der Waals surface area contributed by atoms with E-state index in [1.165, 1.54) is 0 Å². The summed E-state index contributed by atoms with van der Waals surface area (Å²) in [5.74, 6) is -0.0147. The number of carbonyl (C=O) groups is 1. The third-order valence-electron chi connectivity index (χ3n) is 2.73. The molecule has 4 nitrogen and oxygen atoms in total. The largest absolute Gasteiger partial charge is 0.389 e. The predicted octanol–water partition coefficient (Wildman–Crippen LogP) is 1.94. The summed E-state index contributed by atoms with van der Waals surface area (Å²) in [4.78, 5) is 17.4. The molecule has 0 aliphatic carbocycles. The van der Waals surface area contributed by atoms with Gasteiger partial charge in [-0.05, 0) is 12.5 Å². The highest BCUT2D eigenvalue weighted by atomic mass is 32.1. The topological polar surface area (TPSA) is 68.0 Å². The number of carbonyl (C=O) groups excluding carboxylic acids is 1. The van der Waals surface area contributed by atoms with Crippen LogP contribution >= 0.6 is 23.6 Å². The van der Waals surface area contributed by atoms with Crippen LogP contribution in [0.2, 0.25) is 0 Å². The second kappa shape index (κ2) is 6.58. The van der Waals surface area contributed by atoms with Gasteiger partial charge in [-0.2, -0.15) is 0 Å². The predicted molar refractivity (Wildman–Crippen MR) is 84.7 cm³/mol. The molecule has 1 heterocycles. The van der Waals surface area contributed by atoms with Gasteiger partial charge >= 0.3 is 0 Å². The number of hydrogen-bond acceptors (Lipinski definition) is 4. The molecule has 3 N–H and O–H groups in total. The highest BCUT2D eigenvalue weighted by Crippen LogP contribution is 2.11. The van der Waals surface area contributed by atoms with Gasteiger partial charge in [0.15, 0.2) is 0 Å². The number of amides is 1. The molecule has 20 heavy (non-hydrogen) atoms. The van der Waals surface area contributed by atoms with E-state index >= 15 is 0 Å². The Balaban J connectivity index is 1.86. The van der Waals surface area contributed by atoms with Gasteiger partial charge in [0.25, 0.3) is 0 Å². The summed E-state index contributed by atoms with van der Waals surface area (Å²) in [6.45, 7) is 2.47. The maximum atomic E-state index is 11.8. The summed E-state index contributed by atoms with van der Waals surface area (Å²) in [5.41, 5.74) is 7.27. The zero-order valence-electron chi connectivity index (χ0n) is 11.1. The van der Waals surface area contributed by atoms with E-state index in [1.54, 1.807) is 17.5 Å². The van der Waals surface area contributed by atoms with Crippen molar-refractivity contribution in [2.75, 3.05) is 0 Å². The number of nitrogens with zero attached hydrogens (tertiary/aromatic N) is 1. The van der Waals surface area contributed by atoms with Crippen LogP contribution in [0.3, 0.4) is 0 Å². The van der Waals surface area contributed by atoms with E-state index in [0.717, 1.165) is 21.0 Å². The minimum absolute atomic E-state index is 0.0147. The van der Waals surface area contributed by atoms with Crippen molar-refractivity contribution in [2.45, 2.75) is 19.9 Å². The van der Waals surface area contributed by atoms with Gasteiger partial charge in [0.1, 0.15) is 4.99 Å². The number of thiazole rings is 1. The summed E-state index contributed by atoms with van der Waals surface area (Å²) in [7, 11) is 0. The molecule has 6 heteroatoms. The molecule has 1 aromatic heterocycles. The molecule has 0 saturated heterocycles. The fraction of sp³-hybridized carbons (Fsp3) is 0.214. The van der Waals surface area contributed by atoms with Crippen molar-refractivity contribution >= 4 is 34.5 Å². The maximum absolute atomic E-state index is 11.8. The standard InChI is InChI=1S/C14H15N3OS2/c1-9-16-7-12(20-9)8-17-13(18)6-10-2-4-11(5-3-10)14(15)19/h2-5,7H,6,8H2,1H3,(H2,15,19)(H,17,18). The fourth-order valence-electron chi connectivity index (χ4n) is 1.71. The van der Waals surface area contributed by atoms with Gasteiger partial charge in [0.05, 0.1) is 18.0 Å². The zero-order chi connectivity index (χ0) is 14.5. The summed E-state index contributed by atoms with van der Waals surface area (Å²) in [6.07, 6.45) is 2.13. The second-order valence-electron chi connectivity index (χ2n) is 4.36. The van der Waals surface area contributed by atoms with Gasteiger partial charge in [0.2, 0.25) is 5.91 Å². The highest BCUT2D eigenvalue weighted by molar-refractivity contribution is 7.80. The Morgan fingerprint density at radius 3 is 2.65 bits per heavy atom. The maximum Gasteiger partial charge on any atom is 0.224 e. The highest BCUT2D eigenvalue weighted by Gasteiger charge is 2.05. The normalized spacial score (nSPS) is 10.2. The van der Waals surface area contributed by atoms with Crippen molar-refractivity contribution in [1.29, 1.82) is 0 Å². The number of rotatable bonds is 5. The van der Waals surface area contributed by atoms with Gasteiger partial charge in [-0.15, -0.1) is 11.3 Å². The summed E-state index contributed by atoms with van der Waals surface area (Å²) < 4.78 is 0. The molecule has 104 valence electrons. The molecule has 0 spiro atoms. The number of benzene rings is 1. The van der Waals surface area contributed by atoms with Gasteiger partial charge in [-0.1, -0.05) is 36.5 Å². The summed E-state index contributed by atoms with van der Waals surface area (Å²) >= 11 is 6.47. The van der Waals surface area contributed by atoms with E-state index in [1.807, 2.05) is 31.2 Å². The van der Waals surface area contributed by atoms with E-state index in [2.05, 4.69) is 10.3 Å². The Hall–Kier alpha value is -1.79. The lowest BCUT2D eigenvalue weighted by Gasteiger charge is -2.04. The van der Waals surface area contributed by atoms with Crippen LogP contribution in [0, 0.1) is 6.92 Å². The Bertz CT molecular complexity index is 620. The fourth-order valence-corrected chi connectivity index (χ4v) is 2.58. The molecule has 0 fully saturated rings. The summed E-state index contributed by atoms with van der Waals surface area (Å²) in [6, 6.07) is 7.39. The molecule has 0 bridgehead atoms. The number of nitrogens with one attached hydrogen (secondary N) is 1. The lowest BCUT2D eigenvalue weighted by molar-refractivity contribution is -0.120. The molecule has 0 saturated carbocycles. The Morgan fingerprint density at radius 2 is 2.10 bits per heavy atom. The van der Waals surface area contributed by atoms with Crippen LogP contribution in [0.4, 0.5) is 0 Å². The van der Waals surface area contributed by atoms with Gasteiger partial charge in [-0.25, -0.2) is 4.98 Å². The number of aryl methyl sites for hydroxylation is 1. The summed E-state index contributed by atoms with van der Waals surface area (Å²) in [5, 5.41) is 3.88. The minimum atomic E-state index is -0.0147. The third kappa shape index (κ3) is 4.11. The number of aromatic nitrogens is 1. The second-order valence-corrected chi connectivity index (χ2v) is 6.12. The van der Waals surface area contributed by atoms with Crippen molar-refractivity contribution < 1.29 is 4.79 Å². The average molecular weight is 305 g/mol. The number of thiocarbonyl (C=S) groups is 1. The molecule has 2 aromatic rings. The van der Waals surface area contributed by atoms with E-state index in [9.17, 15) is 4.79 Å². The van der Waals surface area contributed by atoms with E-state index in [0.29, 0.717) is 18.0 Å². The van der Waals surface area contributed by atoms with Crippen LogP contribution in [0.1, 0.15) is 21.0 Å². The lowest BCUT2D eigenvalue weighted by Crippen LogP contribution is -2.24. The van der Waals surface area contributed by atoms with Crippen molar-refractivity contribution in [3.8, 4) is 0 Å². The minimum Gasteiger partial charge on any atom is -0.389 e. The Labute approximate surface area is 127 Å². The molecular formula is C14H15N3OS2. The molecule has 0 aliphatic heterocycles. The van der Waals surface area contributed by atoms with Gasteiger partial charge in [0, 0.05) is 16.6 Å². The number of hydrogen-bond donors (Lipinski definition) is 2. The van der Waals surface area contributed by atoms with Gasteiger partial charge < -0.3 is 11.1 Å². The van der Waals surface area contributed by atoms with E-state index < -0.39 is 0 Å². The quantitative estimate of drug-likeness (QED) is 0.829. The molecular weight excluding hydrogens is 290 g/mol. The first-order chi connectivity index (χ1) is 9.54. The third-order valence-corrected chi connectivity index (χ3v) is 3.88. The van der Waals surface area contributed by atoms with Crippen molar-refractivity contribution in [3.05, 3.63) is 51.5 Å². The van der Waals surface area contributed by atoms with Crippen LogP contribution < -0.4 is 11.1 Å². The van der Waals surface area contributed by atoms with Crippen LogP contribution in [0.5, 0.6) is 0 Å². The van der Waals surface area contributed by atoms with Crippen LogP contribution in [0.25, 0.3) is 0 Å². The lowest BCUT2D eigenvalue weighted by atomic mass is 10.1. The monoisotopic (exact) mass is 305 g/mol. The zero-order valence-corrected chi connectivity index (χ0v) is 12.7. The van der Waals surface area contributed by atoms with Crippen molar-refractivity contribution in [1.82, 2.24) is 10.3 Å². The van der Waals surface area contributed by atoms with Crippen LogP contribution in [0.15, 0.2) is 30.5 Å².